The number of hydrogen-bond acceptors (Lipinski definition) is 5. The fraction of sp³-hybridized carbons (Fsp3) is 0.294. The van der Waals surface area contributed by atoms with Gasteiger partial charge in [0.25, 0.3) is 5.91 Å². The number of amides is 1. The van der Waals surface area contributed by atoms with Gasteiger partial charge in [0.2, 0.25) is 0 Å². The Balaban J connectivity index is 1.72. The van der Waals surface area contributed by atoms with Crippen LogP contribution in [-0.2, 0) is 9.84 Å². The first-order valence-electron chi connectivity index (χ1n) is 7.91. The monoisotopic (exact) mass is 381 g/mol. The molecule has 26 heavy (non-hydrogen) atoms. The summed E-state index contributed by atoms with van der Waals surface area (Å²) in [5, 5.41) is 2.54. The van der Waals surface area contributed by atoms with E-state index in [9.17, 15) is 22.0 Å². The Labute approximate surface area is 149 Å². The molecule has 0 spiro atoms. The third-order valence-electron chi connectivity index (χ3n) is 4.30. The highest BCUT2D eigenvalue weighted by Crippen LogP contribution is 2.23. The van der Waals surface area contributed by atoms with Crippen molar-refractivity contribution in [3.63, 3.8) is 0 Å². The van der Waals surface area contributed by atoms with Gasteiger partial charge in [-0.3, -0.25) is 4.79 Å². The van der Waals surface area contributed by atoms with Crippen molar-refractivity contribution in [1.29, 1.82) is 0 Å². The molecule has 1 atom stereocenters. The first kappa shape index (κ1) is 18.2. The first-order valence-corrected chi connectivity index (χ1v) is 9.73. The van der Waals surface area contributed by atoms with Crippen LogP contribution < -0.4 is 5.32 Å². The van der Waals surface area contributed by atoms with Crippen LogP contribution in [0.4, 0.5) is 20.3 Å². The van der Waals surface area contributed by atoms with Crippen LogP contribution in [0.1, 0.15) is 16.8 Å². The maximum Gasteiger partial charge on any atom is 0.255 e. The van der Waals surface area contributed by atoms with Crippen molar-refractivity contribution in [3.05, 3.63) is 53.7 Å². The van der Waals surface area contributed by atoms with Crippen molar-refractivity contribution < 1.29 is 22.0 Å². The Bertz CT molecular complexity index is 913. The van der Waals surface area contributed by atoms with Gasteiger partial charge < -0.3 is 10.2 Å². The van der Waals surface area contributed by atoms with Crippen molar-refractivity contribution in [1.82, 2.24) is 9.88 Å². The Morgan fingerprint density at radius 3 is 2.46 bits per heavy atom. The number of para-hydroxylation sites is 1. The lowest BCUT2D eigenvalue weighted by molar-refractivity contribution is 0.0747. The Kier molecular flexibility index (Phi) is 4.90. The molecular formula is C17H17F2N3O3S. The molecule has 2 heterocycles. The van der Waals surface area contributed by atoms with Crippen molar-refractivity contribution >= 4 is 27.2 Å². The number of sulfone groups is 1. The zero-order valence-corrected chi connectivity index (χ0v) is 14.8. The molecule has 1 unspecified atom stereocenters. The second kappa shape index (κ2) is 6.99. The Morgan fingerprint density at radius 2 is 1.92 bits per heavy atom. The van der Waals surface area contributed by atoms with E-state index in [1.807, 2.05) is 0 Å². The molecule has 2 aromatic rings. The topological polar surface area (TPSA) is 79.4 Å². The van der Waals surface area contributed by atoms with E-state index >= 15 is 0 Å². The van der Waals surface area contributed by atoms with E-state index in [0.717, 1.165) is 12.1 Å². The first-order chi connectivity index (χ1) is 12.3. The highest BCUT2D eigenvalue weighted by Gasteiger charge is 2.33. The van der Waals surface area contributed by atoms with Crippen LogP contribution in [0.2, 0.25) is 0 Å². The van der Waals surface area contributed by atoms with E-state index in [-0.39, 0.29) is 40.5 Å². The number of aromatic nitrogens is 1. The van der Waals surface area contributed by atoms with Crippen molar-refractivity contribution in [2.24, 2.45) is 0 Å². The molecule has 1 N–H and O–H groups in total. The van der Waals surface area contributed by atoms with Gasteiger partial charge in [-0.15, -0.1) is 0 Å². The molecule has 0 saturated carbocycles. The number of nitrogens with one attached hydrogen (secondary N) is 1. The highest BCUT2D eigenvalue weighted by molar-refractivity contribution is 7.91. The lowest BCUT2D eigenvalue weighted by Gasteiger charge is -2.23. The van der Waals surface area contributed by atoms with E-state index in [0.29, 0.717) is 6.42 Å². The molecule has 9 heteroatoms. The van der Waals surface area contributed by atoms with Crippen LogP contribution in [0, 0.1) is 11.6 Å². The summed E-state index contributed by atoms with van der Waals surface area (Å²) in [5.41, 5.74) is -0.0660. The number of benzene rings is 1. The quantitative estimate of drug-likeness (QED) is 0.880. The van der Waals surface area contributed by atoms with Crippen LogP contribution in [0.5, 0.6) is 0 Å². The van der Waals surface area contributed by atoms with Crippen molar-refractivity contribution in [3.8, 4) is 0 Å². The normalized spacial score (nSPS) is 18.5. The average molecular weight is 381 g/mol. The third-order valence-corrected chi connectivity index (χ3v) is 6.05. The molecule has 1 aliphatic rings. The number of carbonyl (C=O) groups excluding carboxylic acids is 1. The summed E-state index contributed by atoms with van der Waals surface area (Å²) in [6, 6.07) is 6.03. The van der Waals surface area contributed by atoms with Crippen LogP contribution in [0.25, 0.3) is 0 Å². The summed E-state index contributed by atoms with van der Waals surface area (Å²) in [6.45, 7) is 0. The van der Waals surface area contributed by atoms with E-state index < -0.39 is 21.5 Å². The van der Waals surface area contributed by atoms with Gasteiger partial charge in [0.15, 0.2) is 9.84 Å². The number of nitrogens with zero attached hydrogens (tertiary/aromatic N) is 2. The molecule has 1 aromatic carbocycles. The van der Waals surface area contributed by atoms with Gasteiger partial charge in [0.1, 0.15) is 23.1 Å². The maximum absolute atomic E-state index is 13.6. The van der Waals surface area contributed by atoms with E-state index in [4.69, 9.17) is 0 Å². The summed E-state index contributed by atoms with van der Waals surface area (Å²) in [5.74, 6) is -1.66. The fourth-order valence-corrected chi connectivity index (χ4v) is 4.56. The van der Waals surface area contributed by atoms with Crippen molar-refractivity contribution in [2.45, 2.75) is 12.5 Å². The SMILES string of the molecule is CN(C(=O)c1ccc(Nc2c(F)cccc2F)nc1)C1CCS(=O)(=O)C1. The van der Waals surface area contributed by atoms with Gasteiger partial charge in [0, 0.05) is 19.3 Å². The molecule has 1 aliphatic heterocycles. The molecule has 1 aromatic heterocycles. The average Bonchev–Trinajstić information content (AvgIpc) is 2.97. The summed E-state index contributed by atoms with van der Waals surface area (Å²) < 4.78 is 50.4. The minimum atomic E-state index is -3.10. The van der Waals surface area contributed by atoms with E-state index in [1.54, 1.807) is 7.05 Å². The molecular weight excluding hydrogens is 364 g/mol. The maximum atomic E-state index is 13.6. The largest absolute Gasteiger partial charge is 0.338 e. The lowest BCUT2D eigenvalue weighted by Crippen LogP contribution is -2.37. The van der Waals surface area contributed by atoms with Gasteiger partial charge in [0.05, 0.1) is 17.1 Å². The molecule has 0 aliphatic carbocycles. The zero-order valence-electron chi connectivity index (χ0n) is 13.9. The molecule has 1 amide bonds. The summed E-state index contributed by atoms with van der Waals surface area (Å²) in [6.07, 6.45) is 1.69. The molecule has 0 radical (unpaired) electrons. The molecule has 3 rings (SSSR count). The molecule has 1 saturated heterocycles. The smallest absolute Gasteiger partial charge is 0.255 e. The van der Waals surface area contributed by atoms with Gasteiger partial charge in [-0.25, -0.2) is 22.2 Å². The second-order valence-corrected chi connectivity index (χ2v) is 8.36. The predicted molar refractivity (Wildman–Crippen MR) is 93.0 cm³/mol. The summed E-state index contributed by atoms with van der Waals surface area (Å²) >= 11 is 0. The molecule has 1 fully saturated rings. The molecule has 0 bridgehead atoms. The van der Waals surface area contributed by atoms with Gasteiger partial charge in [-0.2, -0.15) is 0 Å². The number of rotatable bonds is 4. The standard InChI is InChI=1S/C17H17F2N3O3S/c1-22(12-7-8-26(24,25)10-12)17(23)11-5-6-15(20-9-11)21-16-13(18)3-2-4-14(16)19/h2-6,9,12H,7-8,10H2,1H3,(H,20,21). The minimum absolute atomic E-state index is 0.0468. The Morgan fingerprint density at radius 1 is 1.23 bits per heavy atom. The van der Waals surface area contributed by atoms with Crippen LogP contribution in [-0.4, -0.2) is 48.8 Å². The number of halogens is 2. The second-order valence-electron chi connectivity index (χ2n) is 6.13. The zero-order chi connectivity index (χ0) is 18.9. The fourth-order valence-electron chi connectivity index (χ4n) is 2.79. The number of carbonyl (C=O) groups is 1. The summed E-state index contributed by atoms with van der Waals surface area (Å²) in [4.78, 5) is 17.9. The van der Waals surface area contributed by atoms with E-state index in [1.165, 1.54) is 29.3 Å². The number of pyridine rings is 1. The number of anilines is 2. The highest BCUT2D eigenvalue weighted by atomic mass is 32.2. The Hall–Kier alpha value is -2.55. The van der Waals surface area contributed by atoms with Crippen LogP contribution in [0.3, 0.4) is 0 Å². The molecule has 6 nitrogen and oxygen atoms in total. The van der Waals surface area contributed by atoms with Crippen LogP contribution >= 0.6 is 0 Å². The molecule has 138 valence electrons. The van der Waals surface area contributed by atoms with Gasteiger partial charge >= 0.3 is 0 Å². The number of hydrogen-bond donors (Lipinski definition) is 1. The third kappa shape index (κ3) is 3.82. The minimum Gasteiger partial charge on any atom is -0.338 e. The lowest BCUT2D eigenvalue weighted by atomic mass is 10.2. The van der Waals surface area contributed by atoms with E-state index in [2.05, 4.69) is 10.3 Å². The van der Waals surface area contributed by atoms with Crippen LogP contribution in [0.15, 0.2) is 36.5 Å². The predicted octanol–water partition coefficient (Wildman–Crippen LogP) is 2.36. The summed E-state index contributed by atoms with van der Waals surface area (Å²) in [7, 11) is -1.55. The van der Waals surface area contributed by atoms with Gasteiger partial charge in [-0.05, 0) is 30.7 Å². The van der Waals surface area contributed by atoms with Crippen molar-refractivity contribution in [2.75, 3.05) is 23.9 Å². The van der Waals surface area contributed by atoms with Gasteiger partial charge in [-0.1, -0.05) is 6.07 Å².